The molecular formula is C12H17BrClNO3S. The van der Waals surface area contributed by atoms with E-state index >= 15 is 0 Å². The number of hydrogen-bond acceptors (Lipinski definition) is 3. The highest BCUT2D eigenvalue weighted by Crippen LogP contribution is 2.25. The molecule has 19 heavy (non-hydrogen) atoms. The van der Waals surface area contributed by atoms with Crippen LogP contribution in [0.2, 0.25) is 5.02 Å². The molecule has 0 saturated heterocycles. The molecule has 1 aromatic carbocycles. The summed E-state index contributed by atoms with van der Waals surface area (Å²) in [7, 11) is -3.57. The summed E-state index contributed by atoms with van der Waals surface area (Å²) in [6.07, 6.45) is 0. The number of ether oxygens (including phenoxy) is 1. The van der Waals surface area contributed by atoms with Crippen LogP contribution >= 0.6 is 27.5 Å². The molecule has 0 saturated carbocycles. The second kappa shape index (κ2) is 6.54. The first kappa shape index (κ1) is 16.9. The standard InChI is InChI=1S/C12H17BrClNO3S/c1-4-18-12(2,3)8-15-19(16,17)9-5-6-11(14)10(13)7-9/h5-7,15H,4,8H2,1-3H3. The maximum atomic E-state index is 12.1. The first-order valence-corrected chi connectivity index (χ1v) is 8.42. The molecule has 0 aliphatic heterocycles. The number of sulfonamides is 1. The van der Waals surface area contributed by atoms with E-state index in [4.69, 9.17) is 16.3 Å². The highest BCUT2D eigenvalue weighted by Gasteiger charge is 2.22. The summed E-state index contributed by atoms with van der Waals surface area (Å²) in [6, 6.07) is 4.47. The van der Waals surface area contributed by atoms with Gasteiger partial charge in [-0.1, -0.05) is 11.6 Å². The van der Waals surface area contributed by atoms with E-state index in [0.717, 1.165) is 0 Å². The predicted octanol–water partition coefficient (Wildman–Crippen LogP) is 3.20. The van der Waals surface area contributed by atoms with Crippen molar-refractivity contribution >= 4 is 37.6 Å². The van der Waals surface area contributed by atoms with Gasteiger partial charge in [-0.2, -0.15) is 0 Å². The summed E-state index contributed by atoms with van der Waals surface area (Å²) in [5.41, 5.74) is -0.550. The summed E-state index contributed by atoms with van der Waals surface area (Å²) in [5.74, 6) is 0. The van der Waals surface area contributed by atoms with Crippen LogP contribution in [0.4, 0.5) is 0 Å². The SMILES string of the molecule is CCOC(C)(C)CNS(=O)(=O)c1ccc(Cl)c(Br)c1. The molecule has 108 valence electrons. The molecule has 0 fully saturated rings. The van der Waals surface area contributed by atoms with Crippen LogP contribution in [0.5, 0.6) is 0 Å². The molecule has 0 atom stereocenters. The van der Waals surface area contributed by atoms with Gasteiger partial charge in [0.2, 0.25) is 10.0 Å². The van der Waals surface area contributed by atoms with E-state index in [0.29, 0.717) is 16.1 Å². The highest BCUT2D eigenvalue weighted by molar-refractivity contribution is 9.10. The van der Waals surface area contributed by atoms with Crippen molar-refractivity contribution in [1.29, 1.82) is 0 Å². The summed E-state index contributed by atoms with van der Waals surface area (Å²) < 4.78 is 32.8. The van der Waals surface area contributed by atoms with E-state index in [1.54, 1.807) is 0 Å². The van der Waals surface area contributed by atoms with Gasteiger partial charge in [0, 0.05) is 17.6 Å². The number of benzene rings is 1. The molecule has 0 spiro atoms. The van der Waals surface area contributed by atoms with E-state index in [2.05, 4.69) is 20.7 Å². The van der Waals surface area contributed by atoms with Crippen LogP contribution in [0.25, 0.3) is 0 Å². The Labute approximate surface area is 127 Å². The lowest BCUT2D eigenvalue weighted by Crippen LogP contribution is -2.40. The van der Waals surface area contributed by atoms with Gasteiger partial charge >= 0.3 is 0 Å². The monoisotopic (exact) mass is 369 g/mol. The molecule has 1 rings (SSSR count). The van der Waals surface area contributed by atoms with Gasteiger partial charge in [-0.25, -0.2) is 13.1 Å². The molecule has 0 heterocycles. The van der Waals surface area contributed by atoms with Gasteiger partial charge in [-0.05, 0) is 54.9 Å². The van der Waals surface area contributed by atoms with Gasteiger partial charge < -0.3 is 4.74 Å². The Morgan fingerprint density at radius 2 is 2.05 bits per heavy atom. The summed E-state index contributed by atoms with van der Waals surface area (Å²) >= 11 is 9.04. The number of nitrogens with one attached hydrogen (secondary N) is 1. The third kappa shape index (κ3) is 5.04. The molecule has 1 N–H and O–H groups in total. The zero-order valence-electron chi connectivity index (χ0n) is 11.0. The van der Waals surface area contributed by atoms with Crippen LogP contribution < -0.4 is 4.72 Å². The molecule has 0 aromatic heterocycles. The number of halogens is 2. The Balaban J connectivity index is 2.84. The molecule has 0 bridgehead atoms. The van der Waals surface area contributed by atoms with Gasteiger partial charge in [0.25, 0.3) is 0 Å². The Morgan fingerprint density at radius 3 is 2.58 bits per heavy atom. The number of hydrogen-bond donors (Lipinski definition) is 1. The second-order valence-electron chi connectivity index (χ2n) is 4.59. The van der Waals surface area contributed by atoms with E-state index in [-0.39, 0.29) is 11.4 Å². The van der Waals surface area contributed by atoms with Crippen molar-refractivity contribution < 1.29 is 13.2 Å². The second-order valence-corrected chi connectivity index (χ2v) is 7.62. The molecule has 0 aliphatic carbocycles. The zero-order valence-corrected chi connectivity index (χ0v) is 14.2. The smallest absolute Gasteiger partial charge is 0.240 e. The third-order valence-corrected chi connectivity index (χ3v) is 5.04. The molecule has 4 nitrogen and oxygen atoms in total. The lowest BCUT2D eigenvalue weighted by Gasteiger charge is -2.24. The number of rotatable bonds is 6. The zero-order chi connectivity index (χ0) is 14.7. The molecule has 0 aliphatic rings. The molecule has 7 heteroatoms. The van der Waals surface area contributed by atoms with Crippen LogP contribution in [0.3, 0.4) is 0 Å². The fourth-order valence-electron chi connectivity index (χ4n) is 1.44. The van der Waals surface area contributed by atoms with E-state index in [9.17, 15) is 8.42 Å². The lowest BCUT2D eigenvalue weighted by atomic mass is 10.1. The minimum Gasteiger partial charge on any atom is -0.375 e. The Kier molecular flexibility index (Phi) is 5.82. The van der Waals surface area contributed by atoms with Crippen molar-refractivity contribution in [3.63, 3.8) is 0 Å². The van der Waals surface area contributed by atoms with Crippen LogP contribution in [-0.2, 0) is 14.8 Å². The van der Waals surface area contributed by atoms with E-state index < -0.39 is 15.6 Å². The first-order chi connectivity index (χ1) is 8.68. The Hall–Kier alpha value is -0.140. The lowest BCUT2D eigenvalue weighted by molar-refractivity contribution is -0.00515. The molecule has 1 aromatic rings. The van der Waals surface area contributed by atoms with Crippen molar-refractivity contribution in [3.05, 3.63) is 27.7 Å². The minimum atomic E-state index is -3.57. The van der Waals surface area contributed by atoms with Crippen molar-refractivity contribution in [2.24, 2.45) is 0 Å². The van der Waals surface area contributed by atoms with Crippen molar-refractivity contribution in [2.75, 3.05) is 13.2 Å². The van der Waals surface area contributed by atoms with E-state index in [1.165, 1.54) is 18.2 Å². The average molecular weight is 371 g/mol. The normalized spacial score (nSPS) is 12.7. The van der Waals surface area contributed by atoms with Gasteiger partial charge in [-0.3, -0.25) is 0 Å². The predicted molar refractivity (Wildman–Crippen MR) is 80.0 cm³/mol. The Morgan fingerprint density at radius 1 is 1.42 bits per heavy atom. The Bertz CT molecular complexity index is 546. The van der Waals surface area contributed by atoms with Gasteiger partial charge in [0.15, 0.2) is 0 Å². The largest absolute Gasteiger partial charge is 0.375 e. The first-order valence-electron chi connectivity index (χ1n) is 5.76. The summed E-state index contributed by atoms with van der Waals surface area (Å²) in [4.78, 5) is 0.163. The average Bonchev–Trinajstić information content (AvgIpc) is 2.30. The topological polar surface area (TPSA) is 55.4 Å². The van der Waals surface area contributed by atoms with Crippen LogP contribution in [0.1, 0.15) is 20.8 Å². The quantitative estimate of drug-likeness (QED) is 0.836. The maximum Gasteiger partial charge on any atom is 0.240 e. The summed E-state index contributed by atoms with van der Waals surface area (Å²) in [6.45, 7) is 6.25. The third-order valence-electron chi connectivity index (χ3n) is 2.42. The van der Waals surface area contributed by atoms with E-state index in [1.807, 2.05) is 20.8 Å². The van der Waals surface area contributed by atoms with Gasteiger partial charge in [0.05, 0.1) is 15.5 Å². The van der Waals surface area contributed by atoms with Crippen LogP contribution in [-0.4, -0.2) is 27.2 Å². The highest BCUT2D eigenvalue weighted by atomic mass is 79.9. The fraction of sp³-hybridized carbons (Fsp3) is 0.500. The molecule has 0 unspecified atom stereocenters. The van der Waals surface area contributed by atoms with Crippen LogP contribution in [0, 0.1) is 0 Å². The molecule has 0 amide bonds. The molecular weight excluding hydrogens is 354 g/mol. The van der Waals surface area contributed by atoms with Crippen molar-refractivity contribution in [2.45, 2.75) is 31.3 Å². The van der Waals surface area contributed by atoms with Gasteiger partial charge in [0.1, 0.15) is 0 Å². The van der Waals surface area contributed by atoms with Crippen molar-refractivity contribution in [3.8, 4) is 0 Å². The van der Waals surface area contributed by atoms with Crippen molar-refractivity contribution in [1.82, 2.24) is 4.72 Å². The molecule has 0 radical (unpaired) electrons. The minimum absolute atomic E-state index is 0.163. The van der Waals surface area contributed by atoms with Crippen LogP contribution in [0.15, 0.2) is 27.6 Å². The fourth-order valence-corrected chi connectivity index (χ4v) is 3.31. The maximum absolute atomic E-state index is 12.1. The van der Waals surface area contributed by atoms with Gasteiger partial charge in [-0.15, -0.1) is 0 Å². The summed E-state index contributed by atoms with van der Waals surface area (Å²) in [5, 5.41) is 0.466.